The minimum absolute atomic E-state index is 0.589. The molecule has 0 saturated carbocycles. The van der Waals surface area contributed by atoms with Crippen LogP contribution < -0.4 is 5.19 Å². The number of aromatic nitrogens is 3. The molecule has 4 nitrogen and oxygen atoms in total. The summed E-state index contributed by atoms with van der Waals surface area (Å²) in [7, 11) is -1.72. The van der Waals surface area contributed by atoms with Gasteiger partial charge in [0.05, 0.1) is 13.6 Å². The Morgan fingerprint density at radius 2 is 0.957 bits per heavy atom. The van der Waals surface area contributed by atoms with Gasteiger partial charge in [-0.2, -0.15) is 0 Å². The van der Waals surface area contributed by atoms with Crippen molar-refractivity contribution >= 4 is 35.2 Å². The van der Waals surface area contributed by atoms with Gasteiger partial charge in [-0.25, -0.2) is 15.0 Å². The van der Waals surface area contributed by atoms with E-state index < -0.39 is 8.07 Å². The van der Waals surface area contributed by atoms with Gasteiger partial charge in [0.1, 0.15) is 11.2 Å². The second-order valence-corrected chi connectivity index (χ2v) is 18.0. The molecular weight excluding hydrogens is 591 g/mol. The lowest BCUT2D eigenvalue weighted by atomic mass is 9.99. The third-order valence-corrected chi connectivity index (χ3v) is 10.7. The Labute approximate surface area is 275 Å². The standard InChI is InChI=1S/C42H33N3OSi/c1-47(2,3)34-26-32(30-23-21-29(22-24-30)28-13-6-4-7-14-28)25-33(27-34)41-43-40(31-15-8-5-9-16-31)44-42(45-41)37-19-12-18-36-35-17-10-11-20-38(35)46-39(36)37/h4-27H,1-3H3. The molecule has 0 aliphatic carbocycles. The second-order valence-electron chi connectivity index (χ2n) is 12.9. The van der Waals surface area contributed by atoms with Crippen molar-refractivity contribution in [3.05, 3.63) is 146 Å². The Hall–Kier alpha value is -5.65. The van der Waals surface area contributed by atoms with Gasteiger partial charge in [0, 0.05) is 21.9 Å². The summed E-state index contributed by atoms with van der Waals surface area (Å²) in [6.45, 7) is 7.14. The van der Waals surface area contributed by atoms with Gasteiger partial charge in [0.2, 0.25) is 0 Å². The molecule has 0 saturated heterocycles. The van der Waals surface area contributed by atoms with Gasteiger partial charge in [-0.15, -0.1) is 0 Å². The van der Waals surface area contributed by atoms with Gasteiger partial charge in [-0.05, 0) is 40.5 Å². The molecule has 0 atom stereocenters. The monoisotopic (exact) mass is 623 g/mol. The molecule has 6 aromatic carbocycles. The molecule has 226 valence electrons. The minimum Gasteiger partial charge on any atom is -0.455 e. The van der Waals surface area contributed by atoms with Gasteiger partial charge in [0.15, 0.2) is 17.5 Å². The van der Waals surface area contributed by atoms with E-state index in [2.05, 4.69) is 98.5 Å². The van der Waals surface area contributed by atoms with Crippen LogP contribution in [0.15, 0.2) is 150 Å². The molecule has 0 spiro atoms. The van der Waals surface area contributed by atoms with E-state index in [1.54, 1.807) is 0 Å². The van der Waals surface area contributed by atoms with Crippen molar-refractivity contribution in [2.45, 2.75) is 19.6 Å². The highest BCUT2D eigenvalue weighted by atomic mass is 28.3. The van der Waals surface area contributed by atoms with Crippen LogP contribution in [0.4, 0.5) is 0 Å². The van der Waals surface area contributed by atoms with E-state index in [9.17, 15) is 0 Å². The van der Waals surface area contributed by atoms with E-state index >= 15 is 0 Å². The van der Waals surface area contributed by atoms with Crippen LogP contribution >= 0.6 is 0 Å². The maximum atomic E-state index is 6.42. The topological polar surface area (TPSA) is 51.8 Å². The predicted octanol–water partition coefficient (Wildman–Crippen LogP) is 10.7. The molecule has 2 heterocycles. The maximum absolute atomic E-state index is 6.42. The summed E-state index contributed by atoms with van der Waals surface area (Å²) < 4.78 is 6.42. The number of furan rings is 1. The van der Waals surface area contributed by atoms with Crippen LogP contribution in [0.2, 0.25) is 19.6 Å². The number of hydrogen-bond acceptors (Lipinski definition) is 4. The lowest BCUT2D eigenvalue weighted by Crippen LogP contribution is -2.37. The van der Waals surface area contributed by atoms with Gasteiger partial charge in [0.25, 0.3) is 0 Å². The average molecular weight is 624 g/mol. The molecule has 5 heteroatoms. The molecule has 47 heavy (non-hydrogen) atoms. The quantitative estimate of drug-likeness (QED) is 0.173. The molecule has 0 aliphatic heterocycles. The first-order valence-electron chi connectivity index (χ1n) is 15.9. The summed E-state index contributed by atoms with van der Waals surface area (Å²) >= 11 is 0. The molecule has 0 radical (unpaired) electrons. The summed E-state index contributed by atoms with van der Waals surface area (Å²) in [5.74, 6) is 1.86. The molecule has 8 aromatic rings. The van der Waals surface area contributed by atoms with Crippen LogP contribution in [0.5, 0.6) is 0 Å². The van der Waals surface area contributed by atoms with E-state index in [0.29, 0.717) is 17.5 Å². The third kappa shape index (κ3) is 5.55. The smallest absolute Gasteiger partial charge is 0.167 e. The number of fused-ring (bicyclic) bond motifs is 3. The molecular formula is C42H33N3OSi. The molecule has 0 amide bonds. The van der Waals surface area contributed by atoms with E-state index in [1.165, 1.54) is 16.3 Å². The second kappa shape index (κ2) is 11.6. The summed E-state index contributed by atoms with van der Waals surface area (Å²) in [5.41, 5.74) is 9.11. The van der Waals surface area contributed by atoms with Gasteiger partial charge >= 0.3 is 0 Å². The first kappa shape index (κ1) is 28.8. The molecule has 0 aliphatic rings. The molecule has 0 bridgehead atoms. The minimum atomic E-state index is -1.72. The fraction of sp³-hybridized carbons (Fsp3) is 0.0714. The fourth-order valence-corrected chi connectivity index (χ4v) is 7.28. The molecule has 8 rings (SSSR count). The number of nitrogens with zero attached hydrogens (tertiary/aromatic N) is 3. The van der Waals surface area contributed by atoms with Crippen LogP contribution in [-0.4, -0.2) is 23.0 Å². The van der Waals surface area contributed by atoms with Crippen molar-refractivity contribution in [2.75, 3.05) is 0 Å². The normalized spacial score (nSPS) is 11.7. The largest absolute Gasteiger partial charge is 0.455 e. The highest BCUT2D eigenvalue weighted by molar-refractivity contribution is 6.88. The SMILES string of the molecule is C[Si](C)(C)c1cc(-c2ccc(-c3ccccc3)cc2)cc(-c2nc(-c3ccccc3)nc(-c3cccc4c3oc3ccccc34)n2)c1. The van der Waals surface area contributed by atoms with Crippen LogP contribution in [-0.2, 0) is 0 Å². The Morgan fingerprint density at radius 1 is 0.426 bits per heavy atom. The lowest BCUT2D eigenvalue weighted by Gasteiger charge is -2.20. The van der Waals surface area contributed by atoms with Crippen LogP contribution in [0.3, 0.4) is 0 Å². The van der Waals surface area contributed by atoms with Gasteiger partial charge < -0.3 is 4.42 Å². The van der Waals surface area contributed by atoms with E-state index in [1.807, 2.05) is 66.7 Å². The van der Waals surface area contributed by atoms with Crippen molar-refractivity contribution in [1.82, 2.24) is 15.0 Å². The van der Waals surface area contributed by atoms with Crippen LogP contribution in [0.1, 0.15) is 0 Å². The molecule has 2 aromatic heterocycles. The zero-order chi connectivity index (χ0) is 32.0. The number of hydrogen-bond donors (Lipinski definition) is 0. The highest BCUT2D eigenvalue weighted by Gasteiger charge is 2.22. The molecule has 0 unspecified atom stereocenters. The van der Waals surface area contributed by atoms with Crippen molar-refractivity contribution in [1.29, 1.82) is 0 Å². The zero-order valence-electron chi connectivity index (χ0n) is 26.6. The van der Waals surface area contributed by atoms with E-state index in [0.717, 1.165) is 49.8 Å². The Bertz CT molecular complexity index is 2380. The summed E-state index contributed by atoms with van der Waals surface area (Å²) in [5, 5.41) is 3.47. The first-order valence-corrected chi connectivity index (χ1v) is 19.4. The Kier molecular flexibility index (Phi) is 7.11. The number of para-hydroxylation sites is 2. The first-order chi connectivity index (χ1) is 22.9. The zero-order valence-corrected chi connectivity index (χ0v) is 27.6. The van der Waals surface area contributed by atoms with Gasteiger partial charge in [-0.1, -0.05) is 152 Å². The van der Waals surface area contributed by atoms with Crippen molar-refractivity contribution in [3.8, 4) is 56.4 Å². The molecule has 0 fully saturated rings. The Morgan fingerprint density at radius 3 is 1.66 bits per heavy atom. The molecule has 0 N–H and O–H groups in total. The summed E-state index contributed by atoms with van der Waals surface area (Å²) in [4.78, 5) is 15.3. The Balaban J connectivity index is 1.32. The highest BCUT2D eigenvalue weighted by Crippen LogP contribution is 2.36. The van der Waals surface area contributed by atoms with Crippen molar-refractivity contribution in [3.63, 3.8) is 0 Å². The third-order valence-electron chi connectivity index (χ3n) is 8.70. The van der Waals surface area contributed by atoms with E-state index in [4.69, 9.17) is 19.4 Å². The number of rotatable bonds is 6. The van der Waals surface area contributed by atoms with Crippen molar-refractivity contribution < 1.29 is 4.42 Å². The summed E-state index contributed by atoms with van der Waals surface area (Å²) in [6.07, 6.45) is 0. The average Bonchev–Trinajstić information content (AvgIpc) is 3.51. The van der Waals surface area contributed by atoms with Gasteiger partial charge in [-0.3, -0.25) is 0 Å². The maximum Gasteiger partial charge on any atom is 0.167 e. The fourth-order valence-electron chi connectivity index (χ4n) is 6.11. The van der Waals surface area contributed by atoms with Crippen LogP contribution in [0, 0.1) is 0 Å². The van der Waals surface area contributed by atoms with Crippen molar-refractivity contribution in [2.24, 2.45) is 0 Å². The van der Waals surface area contributed by atoms with Crippen LogP contribution in [0.25, 0.3) is 78.4 Å². The van der Waals surface area contributed by atoms with E-state index in [-0.39, 0.29) is 0 Å². The summed E-state index contributed by atoms with van der Waals surface area (Å²) in [6, 6.07) is 50.6. The predicted molar refractivity (Wildman–Crippen MR) is 197 cm³/mol. The lowest BCUT2D eigenvalue weighted by molar-refractivity contribution is 0.669. The number of benzene rings is 6.